The Labute approximate surface area is 113 Å². The van der Waals surface area contributed by atoms with Crippen LogP contribution in [0.15, 0.2) is 0 Å². The van der Waals surface area contributed by atoms with Crippen molar-refractivity contribution < 1.29 is 19.4 Å². The molecule has 1 saturated heterocycles. The maximum Gasteiger partial charge on any atom is 0.321 e. The summed E-state index contributed by atoms with van der Waals surface area (Å²) in [6.07, 6.45) is 1.13. The third kappa shape index (κ3) is 6.00. The molecule has 0 atom stereocenters. The first-order chi connectivity index (χ1) is 8.95. The van der Waals surface area contributed by atoms with Crippen LogP contribution in [-0.4, -0.2) is 67.4 Å². The molecule has 0 spiro atoms. The van der Waals surface area contributed by atoms with Gasteiger partial charge in [-0.25, -0.2) is 4.79 Å². The Bertz CT molecular complexity index is 316. The van der Waals surface area contributed by atoms with Crippen LogP contribution in [-0.2, 0) is 9.53 Å². The highest BCUT2D eigenvalue weighted by atomic mass is 16.5. The van der Waals surface area contributed by atoms with E-state index in [-0.39, 0.29) is 12.5 Å². The Balaban J connectivity index is 2.31. The number of urea groups is 1. The Kier molecular flexibility index (Phi) is 6.20. The minimum atomic E-state index is -0.807. The fraction of sp³-hybridized carbons (Fsp3) is 0.833. The summed E-state index contributed by atoms with van der Waals surface area (Å²) in [5.74, 6) is -0.385. The number of likely N-dealkylation sites (N-methyl/N-ethyl adjacent to an activating group) is 1. The van der Waals surface area contributed by atoms with Gasteiger partial charge in [0.15, 0.2) is 0 Å². The van der Waals surface area contributed by atoms with Crippen LogP contribution in [0.5, 0.6) is 0 Å². The molecular weight excluding hydrogens is 250 g/mol. The third-order valence-corrected chi connectivity index (χ3v) is 2.99. The van der Waals surface area contributed by atoms with E-state index in [1.54, 1.807) is 18.9 Å². The Morgan fingerprint density at radius 1 is 1.37 bits per heavy atom. The van der Waals surface area contributed by atoms with Crippen molar-refractivity contribution in [1.29, 1.82) is 0 Å². The van der Waals surface area contributed by atoms with Crippen molar-refractivity contribution in [2.24, 2.45) is 0 Å². The molecule has 19 heavy (non-hydrogen) atoms. The first-order valence-electron chi connectivity index (χ1n) is 6.51. The SMILES string of the molecule is CCNC(=O)NC(=O)CN(C)CC1(O)CCOCC1. The molecule has 7 heteroatoms. The lowest BCUT2D eigenvalue weighted by Gasteiger charge is -2.35. The van der Waals surface area contributed by atoms with Crippen molar-refractivity contribution in [2.45, 2.75) is 25.4 Å². The van der Waals surface area contributed by atoms with E-state index < -0.39 is 11.6 Å². The van der Waals surface area contributed by atoms with Gasteiger partial charge in [-0.3, -0.25) is 15.0 Å². The summed E-state index contributed by atoms with van der Waals surface area (Å²) in [7, 11) is 1.74. The summed E-state index contributed by atoms with van der Waals surface area (Å²) < 4.78 is 5.20. The zero-order chi connectivity index (χ0) is 14.3. The van der Waals surface area contributed by atoms with E-state index in [2.05, 4.69) is 10.6 Å². The van der Waals surface area contributed by atoms with Crippen molar-refractivity contribution in [1.82, 2.24) is 15.5 Å². The molecule has 0 unspecified atom stereocenters. The number of carbonyl (C=O) groups is 2. The van der Waals surface area contributed by atoms with Gasteiger partial charge in [-0.2, -0.15) is 0 Å². The lowest BCUT2D eigenvalue weighted by atomic mass is 9.94. The molecule has 1 fully saturated rings. The van der Waals surface area contributed by atoms with Gasteiger partial charge in [0.25, 0.3) is 0 Å². The molecule has 0 aromatic rings. The molecule has 0 aromatic heterocycles. The van der Waals surface area contributed by atoms with E-state index in [1.165, 1.54) is 0 Å². The minimum Gasteiger partial charge on any atom is -0.388 e. The monoisotopic (exact) mass is 273 g/mol. The molecular formula is C12H23N3O4. The van der Waals surface area contributed by atoms with Crippen molar-refractivity contribution in [2.75, 3.05) is 39.9 Å². The zero-order valence-corrected chi connectivity index (χ0v) is 11.6. The normalized spacial score (nSPS) is 18.1. The van der Waals surface area contributed by atoms with Gasteiger partial charge in [0.1, 0.15) is 0 Å². The summed E-state index contributed by atoms with van der Waals surface area (Å²) in [4.78, 5) is 24.4. The third-order valence-electron chi connectivity index (χ3n) is 2.99. The predicted octanol–water partition coefficient (Wildman–Crippen LogP) is -0.695. The fourth-order valence-corrected chi connectivity index (χ4v) is 2.08. The highest BCUT2D eigenvalue weighted by Gasteiger charge is 2.31. The van der Waals surface area contributed by atoms with Crippen LogP contribution in [0.1, 0.15) is 19.8 Å². The van der Waals surface area contributed by atoms with Crippen LogP contribution in [0.3, 0.4) is 0 Å². The smallest absolute Gasteiger partial charge is 0.321 e. The molecule has 0 bridgehead atoms. The molecule has 0 saturated carbocycles. The summed E-state index contributed by atoms with van der Waals surface area (Å²) in [6, 6.07) is -0.495. The van der Waals surface area contributed by atoms with E-state index in [4.69, 9.17) is 4.74 Å². The second-order valence-electron chi connectivity index (χ2n) is 4.92. The number of carbonyl (C=O) groups excluding carboxylic acids is 2. The molecule has 1 aliphatic heterocycles. The number of nitrogens with zero attached hydrogens (tertiary/aromatic N) is 1. The van der Waals surface area contributed by atoms with E-state index in [0.29, 0.717) is 39.1 Å². The summed E-state index contributed by atoms with van der Waals surface area (Å²) in [6.45, 7) is 3.77. The number of hydrogen-bond donors (Lipinski definition) is 3. The first-order valence-corrected chi connectivity index (χ1v) is 6.51. The Hall–Kier alpha value is -1.18. The lowest BCUT2D eigenvalue weighted by molar-refractivity contribution is -0.122. The van der Waals surface area contributed by atoms with Crippen LogP contribution >= 0.6 is 0 Å². The summed E-state index contributed by atoms with van der Waals surface area (Å²) >= 11 is 0. The minimum absolute atomic E-state index is 0.0697. The van der Waals surface area contributed by atoms with Crippen molar-refractivity contribution in [3.8, 4) is 0 Å². The number of aliphatic hydroxyl groups is 1. The predicted molar refractivity (Wildman–Crippen MR) is 69.7 cm³/mol. The van der Waals surface area contributed by atoms with Gasteiger partial charge in [-0.05, 0) is 14.0 Å². The average Bonchev–Trinajstić information content (AvgIpc) is 2.28. The topological polar surface area (TPSA) is 90.9 Å². The average molecular weight is 273 g/mol. The van der Waals surface area contributed by atoms with Crippen molar-refractivity contribution >= 4 is 11.9 Å². The number of hydrogen-bond acceptors (Lipinski definition) is 5. The molecule has 0 aromatic carbocycles. The quantitative estimate of drug-likeness (QED) is 0.616. The number of rotatable bonds is 5. The first kappa shape index (κ1) is 15.9. The van der Waals surface area contributed by atoms with Crippen molar-refractivity contribution in [3.05, 3.63) is 0 Å². The number of amides is 3. The molecule has 3 N–H and O–H groups in total. The van der Waals surface area contributed by atoms with Gasteiger partial charge < -0.3 is 15.2 Å². The molecule has 0 radical (unpaired) electrons. The van der Waals surface area contributed by atoms with Crippen LogP contribution < -0.4 is 10.6 Å². The summed E-state index contributed by atoms with van der Waals surface area (Å²) in [5.41, 5.74) is -0.807. The highest BCUT2D eigenvalue weighted by Crippen LogP contribution is 2.20. The summed E-state index contributed by atoms with van der Waals surface area (Å²) in [5, 5.41) is 15.0. The molecule has 1 aliphatic rings. The second-order valence-corrected chi connectivity index (χ2v) is 4.92. The van der Waals surface area contributed by atoms with E-state index >= 15 is 0 Å². The zero-order valence-electron chi connectivity index (χ0n) is 11.6. The Morgan fingerprint density at radius 2 is 2.00 bits per heavy atom. The van der Waals surface area contributed by atoms with Crippen LogP contribution in [0.4, 0.5) is 4.79 Å². The van der Waals surface area contributed by atoms with E-state index in [9.17, 15) is 14.7 Å². The van der Waals surface area contributed by atoms with E-state index in [0.717, 1.165) is 0 Å². The highest BCUT2D eigenvalue weighted by molar-refractivity contribution is 5.95. The fourth-order valence-electron chi connectivity index (χ4n) is 2.08. The van der Waals surface area contributed by atoms with E-state index in [1.807, 2.05) is 0 Å². The molecule has 3 amide bonds. The lowest BCUT2D eigenvalue weighted by Crippen LogP contribution is -2.49. The van der Waals surface area contributed by atoms with Gasteiger partial charge in [0, 0.05) is 39.1 Å². The van der Waals surface area contributed by atoms with Gasteiger partial charge in [0.05, 0.1) is 12.1 Å². The maximum atomic E-state index is 11.6. The number of nitrogens with one attached hydrogen (secondary N) is 2. The maximum absolute atomic E-state index is 11.6. The van der Waals surface area contributed by atoms with Crippen molar-refractivity contribution in [3.63, 3.8) is 0 Å². The van der Waals surface area contributed by atoms with Gasteiger partial charge in [-0.15, -0.1) is 0 Å². The largest absolute Gasteiger partial charge is 0.388 e. The second kappa shape index (κ2) is 7.42. The molecule has 110 valence electrons. The standard InChI is InChI=1S/C12H23N3O4/c1-3-13-11(17)14-10(16)8-15(2)9-12(18)4-6-19-7-5-12/h18H,3-9H2,1-2H3,(H2,13,14,16,17). The van der Waals surface area contributed by atoms with Gasteiger partial charge in [-0.1, -0.05) is 0 Å². The molecule has 7 nitrogen and oxygen atoms in total. The molecule has 1 rings (SSSR count). The van der Waals surface area contributed by atoms with Crippen LogP contribution in [0.25, 0.3) is 0 Å². The number of ether oxygens (including phenoxy) is 1. The molecule has 0 aliphatic carbocycles. The Morgan fingerprint density at radius 3 is 2.58 bits per heavy atom. The van der Waals surface area contributed by atoms with Crippen LogP contribution in [0.2, 0.25) is 0 Å². The van der Waals surface area contributed by atoms with Crippen LogP contribution in [0, 0.1) is 0 Å². The number of imide groups is 1. The molecule has 1 heterocycles. The van der Waals surface area contributed by atoms with Gasteiger partial charge in [0.2, 0.25) is 5.91 Å². The van der Waals surface area contributed by atoms with Gasteiger partial charge >= 0.3 is 6.03 Å².